The van der Waals surface area contributed by atoms with Gasteiger partial charge in [-0.05, 0) is 46.2 Å². The standard InChI is InChI=1S/C14H30N2O/c1-5-14(6-2,11-17)10-15-13-7-8-16(4)12(3)9-13/h12-13,15,17H,5-11H2,1-4H3. The smallest absolute Gasteiger partial charge is 0.0499 e. The lowest BCUT2D eigenvalue weighted by atomic mass is 9.82. The molecule has 0 saturated carbocycles. The third-order valence-electron chi connectivity index (χ3n) is 4.81. The van der Waals surface area contributed by atoms with E-state index in [2.05, 4.69) is 38.0 Å². The van der Waals surface area contributed by atoms with Gasteiger partial charge in [-0.2, -0.15) is 0 Å². The van der Waals surface area contributed by atoms with Crippen LogP contribution < -0.4 is 5.32 Å². The van der Waals surface area contributed by atoms with Gasteiger partial charge in [-0.1, -0.05) is 13.8 Å². The average Bonchev–Trinajstić information content (AvgIpc) is 2.36. The molecule has 1 rings (SSSR count). The van der Waals surface area contributed by atoms with Crippen molar-refractivity contribution in [2.24, 2.45) is 5.41 Å². The number of nitrogens with zero attached hydrogens (tertiary/aromatic N) is 1. The minimum Gasteiger partial charge on any atom is -0.396 e. The summed E-state index contributed by atoms with van der Waals surface area (Å²) >= 11 is 0. The Morgan fingerprint density at radius 1 is 1.35 bits per heavy atom. The van der Waals surface area contributed by atoms with Crippen LogP contribution in [0.3, 0.4) is 0 Å². The quantitative estimate of drug-likeness (QED) is 0.746. The fourth-order valence-electron chi connectivity index (χ4n) is 2.62. The molecule has 3 nitrogen and oxygen atoms in total. The Bertz CT molecular complexity index is 208. The zero-order valence-corrected chi connectivity index (χ0v) is 12.0. The van der Waals surface area contributed by atoms with Crippen LogP contribution in [0.5, 0.6) is 0 Å². The van der Waals surface area contributed by atoms with E-state index in [4.69, 9.17) is 0 Å². The fraction of sp³-hybridized carbons (Fsp3) is 1.00. The zero-order chi connectivity index (χ0) is 12.9. The van der Waals surface area contributed by atoms with Crippen molar-refractivity contribution < 1.29 is 5.11 Å². The number of likely N-dealkylation sites (tertiary alicyclic amines) is 1. The molecule has 102 valence electrons. The number of hydrogen-bond donors (Lipinski definition) is 2. The molecule has 0 aromatic heterocycles. The van der Waals surface area contributed by atoms with Crippen LogP contribution in [-0.2, 0) is 0 Å². The summed E-state index contributed by atoms with van der Waals surface area (Å²) < 4.78 is 0. The third kappa shape index (κ3) is 3.94. The monoisotopic (exact) mass is 242 g/mol. The maximum absolute atomic E-state index is 9.55. The highest BCUT2D eigenvalue weighted by Crippen LogP contribution is 2.25. The van der Waals surface area contributed by atoms with E-state index in [1.165, 1.54) is 19.4 Å². The van der Waals surface area contributed by atoms with Gasteiger partial charge in [0, 0.05) is 30.7 Å². The van der Waals surface area contributed by atoms with Crippen LogP contribution in [0.4, 0.5) is 0 Å². The number of aliphatic hydroxyl groups is 1. The molecule has 1 fully saturated rings. The minimum absolute atomic E-state index is 0.0899. The van der Waals surface area contributed by atoms with E-state index in [0.29, 0.717) is 18.7 Å². The van der Waals surface area contributed by atoms with E-state index >= 15 is 0 Å². The zero-order valence-electron chi connectivity index (χ0n) is 12.0. The molecule has 2 N–H and O–H groups in total. The van der Waals surface area contributed by atoms with E-state index in [0.717, 1.165) is 19.4 Å². The van der Waals surface area contributed by atoms with Crippen molar-refractivity contribution in [3.8, 4) is 0 Å². The molecule has 1 heterocycles. The molecular formula is C14H30N2O. The minimum atomic E-state index is 0.0899. The Balaban J connectivity index is 2.39. The van der Waals surface area contributed by atoms with E-state index in [-0.39, 0.29) is 5.41 Å². The second-order valence-electron chi connectivity index (χ2n) is 5.80. The summed E-state index contributed by atoms with van der Waals surface area (Å²) in [4.78, 5) is 2.43. The molecule has 2 unspecified atom stereocenters. The second-order valence-corrected chi connectivity index (χ2v) is 5.80. The number of rotatable bonds is 6. The lowest BCUT2D eigenvalue weighted by Gasteiger charge is -2.38. The summed E-state index contributed by atoms with van der Waals surface area (Å²) in [5, 5.41) is 13.2. The Morgan fingerprint density at radius 2 is 2.00 bits per heavy atom. The van der Waals surface area contributed by atoms with Gasteiger partial charge in [0.25, 0.3) is 0 Å². The van der Waals surface area contributed by atoms with Crippen molar-refractivity contribution in [3.05, 3.63) is 0 Å². The summed E-state index contributed by atoms with van der Waals surface area (Å²) in [5.74, 6) is 0. The first kappa shape index (κ1) is 14.9. The largest absolute Gasteiger partial charge is 0.396 e. The summed E-state index contributed by atoms with van der Waals surface area (Å²) in [6, 6.07) is 1.30. The number of hydrogen-bond acceptors (Lipinski definition) is 3. The summed E-state index contributed by atoms with van der Waals surface area (Å²) in [6.07, 6.45) is 4.56. The Kier molecular flexibility index (Phi) is 5.90. The highest BCUT2D eigenvalue weighted by atomic mass is 16.3. The predicted molar refractivity (Wildman–Crippen MR) is 73.2 cm³/mol. The summed E-state index contributed by atoms with van der Waals surface area (Å²) in [5.41, 5.74) is 0.0899. The fourth-order valence-corrected chi connectivity index (χ4v) is 2.62. The van der Waals surface area contributed by atoms with Gasteiger partial charge in [0.2, 0.25) is 0 Å². The van der Waals surface area contributed by atoms with Crippen LogP contribution in [0.2, 0.25) is 0 Å². The molecule has 0 aromatic carbocycles. The van der Waals surface area contributed by atoms with E-state index < -0.39 is 0 Å². The van der Waals surface area contributed by atoms with Gasteiger partial charge in [0.1, 0.15) is 0 Å². The molecule has 17 heavy (non-hydrogen) atoms. The highest BCUT2D eigenvalue weighted by molar-refractivity contribution is 4.85. The Hall–Kier alpha value is -0.120. The van der Waals surface area contributed by atoms with Crippen molar-refractivity contribution in [1.82, 2.24) is 10.2 Å². The molecule has 0 aliphatic carbocycles. The van der Waals surface area contributed by atoms with Crippen molar-refractivity contribution in [1.29, 1.82) is 0 Å². The van der Waals surface area contributed by atoms with Gasteiger partial charge in [-0.3, -0.25) is 0 Å². The molecule has 0 bridgehead atoms. The first-order chi connectivity index (χ1) is 8.06. The average molecular weight is 242 g/mol. The van der Waals surface area contributed by atoms with Gasteiger partial charge in [-0.25, -0.2) is 0 Å². The molecule has 1 aliphatic heterocycles. The van der Waals surface area contributed by atoms with Crippen molar-refractivity contribution in [3.63, 3.8) is 0 Å². The van der Waals surface area contributed by atoms with Crippen LogP contribution in [-0.4, -0.2) is 48.8 Å². The number of aliphatic hydroxyl groups excluding tert-OH is 1. The maximum atomic E-state index is 9.55. The first-order valence-electron chi connectivity index (χ1n) is 7.11. The molecule has 0 spiro atoms. The van der Waals surface area contributed by atoms with Crippen LogP contribution >= 0.6 is 0 Å². The summed E-state index contributed by atoms with van der Waals surface area (Å²) in [6.45, 7) is 9.10. The third-order valence-corrected chi connectivity index (χ3v) is 4.81. The summed E-state index contributed by atoms with van der Waals surface area (Å²) in [7, 11) is 2.21. The Labute approximate surface area is 107 Å². The van der Waals surface area contributed by atoms with Gasteiger partial charge in [0.05, 0.1) is 0 Å². The van der Waals surface area contributed by atoms with Crippen molar-refractivity contribution in [2.75, 3.05) is 26.7 Å². The van der Waals surface area contributed by atoms with Crippen LogP contribution in [0, 0.1) is 5.41 Å². The van der Waals surface area contributed by atoms with Gasteiger partial charge in [-0.15, -0.1) is 0 Å². The van der Waals surface area contributed by atoms with Crippen LogP contribution in [0.25, 0.3) is 0 Å². The normalized spacial score (nSPS) is 27.4. The molecule has 2 atom stereocenters. The van der Waals surface area contributed by atoms with E-state index in [1.54, 1.807) is 0 Å². The first-order valence-corrected chi connectivity index (χ1v) is 7.11. The lowest BCUT2D eigenvalue weighted by Crippen LogP contribution is -2.48. The predicted octanol–water partition coefficient (Wildman–Crippen LogP) is 1.86. The van der Waals surface area contributed by atoms with E-state index in [1.807, 2.05) is 0 Å². The Morgan fingerprint density at radius 3 is 2.47 bits per heavy atom. The second kappa shape index (κ2) is 6.72. The molecule has 0 radical (unpaired) electrons. The van der Waals surface area contributed by atoms with E-state index in [9.17, 15) is 5.11 Å². The lowest BCUT2D eigenvalue weighted by molar-refractivity contribution is 0.0988. The molecule has 0 amide bonds. The van der Waals surface area contributed by atoms with Crippen LogP contribution in [0.15, 0.2) is 0 Å². The maximum Gasteiger partial charge on any atom is 0.0499 e. The van der Waals surface area contributed by atoms with Crippen LogP contribution in [0.1, 0.15) is 46.5 Å². The van der Waals surface area contributed by atoms with Gasteiger partial charge in [0.15, 0.2) is 0 Å². The molecular weight excluding hydrogens is 212 g/mol. The van der Waals surface area contributed by atoms with Gasteiger partial charge >= 0.3 is 0 Å². The van der Waals surface area contributed by atoms with Gasteiger partial charge < -0.3 is 15.3 Å². The molecule has 1 saturated heterocycles. The molecule has 1 aliphatic rings. The SMILES string of the molecule is CCC(CC)(CO)CNC1CCN(C)C(C)C1. The highest BCUT2D eigenvalue weighted by Gasteiger charge is 2.28. The topological polar surface area (TPSA) is 35.5 Å². The molecule has 0 aromatic rings. The molecule has 3 heteroatoms. The number of piperidine rings is 1. The van der Waals surface area contributed by atoms with Crippen molar-refractivity contribution in [2.45, 2.75) is 58.5 Å². The van der Waals surface area contributed by atoms with Crippen molar-refractivity contribution >= 4 is 0 Å². The number of nitrogens with one attached hydrogen (secondary N) is 1.